The minimum Gasteiger partial charge on any atom is -0.488 e. The molecule has 24 heavy (non-hydrogen) atoms. The summed E-state index contributed by atoms with van der Waals surface area (Å²) < 4.78 is 29.1. The Hall–Kier alpha value is -1.73. The number of methoxy groups -OCH3 is 1. The summed E-state index contributed by atoms with van der Waals surface area (Å²) in [5.41, 5.74) is 0.835. The second-order valence-electron chi connectivity index (χ2n) is 6.49. The molecule has 0 amide bonds. The van der Waals surface area contributed by atoms with Gasteiger partial charge in [-0.25, -0.2) is 0 Å². The van der Waals surface area contributed by atoms with Crippen LogP contribution in [0.3, 0.4) is 0 Å². The molecule has 0 aliphatic carbocycles. The topological polar surface area (TPSA) is 59.0 Å². The summed E-state index contributed by atoms with van der Waals surface area (Å²) >= 11 is 0. The van der Waals surface area contributed by atoms with E-state index in [2.05, 4.69) is 4.98 Å². The molecule has 2 aromatic rings. The molecule has 4 rings (SSSR count). The van der Waals surface area contributed by atoms with E-state index in [1.54, 1.807) is 13.3 Å². The average Bonchev–Trinajstić information content (AvgIpc) is 3.06. The smallest absolute Gasteiger partial charge is 0.186 e. The zero-order valence-corrected chi connectivity index (χ0v) is 14.0. The molecule has 4 atom stereocenters. The first-order valence-electron chi connectivity index (χ1n) is 8.08. The van der Waals surface area contributed by atoms with Crippen molar-refractivity contribution in [3.63, 3.8) is 0 Å². The maximum absolute atomic E-state index is 5.99. The summed E-state index contributed by atoms with van der Waals surface area (Å²) in [4.78, 5) is 4.40. The lowest BCUT2D eigenvalue weighted by Crippen LogP contribution is -2.34. The Balaban J connectivity index is 1.51. The second kappa shape index (κ2) is 5.97. The summed E-state index contributed by atoms with van der Waals surface area (Å²) in [5, 5.41) is 1.04. The number of rotatable bonds is 4. The van der Waals surface area contributed by atoms with Crippen molar-refractivity contribution in [2.24, 2.45) is 0 Å². The van der Waals surface area contributed by atoms with E-state index in [9.17, 15) is 0 Å². The third-order valence-electron chi connectivity index (χ3n) is 4.34. The zero-order chi connectivity index (χ0) is 16.7. The van der Waals surface area contributed by atoms with Gasteiger partial charge in [0, 0.05) is 18.7 Å². The predicted molar refractivity (Wildman–Crippen MR) is 86.7 cm³/mol. The SMILES string of the molecule is CO[C@H]1O[C@H](COc2cccc3cccnc23)[C@H]2OC(C)(C)O[C@@H]12. The van der Waals surface area contributed by atoms with Gasteiger partial charge in [0.15, 0.2) is 12.1 Å². The highest BCUT2D eigenvalue weighted by atomic mass is 16.8. The molecule has 2 fully saturated rings. The number of hydrogen-bond acceptors (Lipinski definition) is 6. The Labute approximate surface area is 140 Å². The van der Waals surface area contributed by atoms with Crippen LogP contribution in [0.1, 0.15) is 13.8 Å². The summed E-state index contributed by atoms with van der Waals surface area (Å²) in [6.45, 7) is 4.13. The third kappa shape index (κ3) is 2.75. The molecule has 0 radical (unpaired) electrons. The van der Waals surface area contributed by atoms with Crippen LogP contribution in [0.15, 0.2) is 36.5 Å². The van der Waals surface area contributed by atoms with Gasteiger partial charge in [0.1, 0.15) is 36.2 Å². The highest BCUT2D eigenvalue weighted by Crippen LogP contribution is 2.39. The van der Waals surface area contributed by atoms with E-state index in [-0.39, 0.29) is 18.3 Å². The van der Waals surface area contributed by atoms with Crippen LogP contribution in [0.4, 0.5) is 0 Å². The van der Waals surface area contributed by atoms with Crippen LogP contribution in [0.5, 0.6) is 5.75 Å². The van der Waals surface area contributed by atoms with Crippen molar-refractivity contribution < 1.29 is 23.7 Å². The fraction of sp³-hybridized carbons (Fsp3) is 0.500. The zero-order valence-electron chi connectivity index (χ0n) is 14.0. The van der Waals surface area contributed by atoms with E-state index >= 15 is 0 Å². The van der Waals surface area contributed by atoms with Gasteiger partial charge in [-0.3, -0.25) is 4.98 Å². The van der Waals surface area contributed by atoms with Crippen LogP contribution in [-0.4, -0.2) is 49.1 Å². The summed E-state index contributed by atoms with van der Waals surface area (Å²) in [6, 6.07) is 9.79. The Morgan fingerprint density at radius 3 is 2.75 bits per heavy atom. The molecule has 2 saturated heterocycles. The fourth-order valence-corrected chi connectivity index (χ4v) is 3.33. The first-order valence-corrected chi connectivity index (χ1v) is 8.08. The maximum atomic E-state index is 5.99. The van der Waals surface area contributed by atoms with Crippen molar-refractivity contribution in [2.45, 2.75) is 44.2 Å². The molecule has 0 unspecified atom stereocenters. The largest absolute Gasteiger partial charge is 0.488 e. The first kappa shape index (κ1) is 15.8. The lowest BCUT2D eigenvalue weighted by Gasteiger charge is -2.23. The normalized spacial score (nSPS) is 31.3. The number of nitrogens with zero attached hydrogens (tertiary/aromatic N) is 1. The van der Waals surface area contributed by atoms with Crippen molar-refractivity contribution in [1.82, 2.24) is 4.98 Å². The molecular formula is C18H21NO5. The van der Waals surface area contributed by atoms with Gasteiger partial charge in [-0.2, -0.15) is 0 Å². The second-order valence-corrected chi connectivity index (χ2v) is 6.49. The molecule has 6 nitrogen and oxygen atoms in total. The average molecular weight is 331 g/mol. The van der Waals surface area contributed by atoms with E-state index in [1.165, 1.54) is 0 Å². The van der Waals surface area contributed by atoms with E-state index < -0.39 is 12.1 Å². The molecule has 6 heteroatoms. The molecular weight excluding hydrogens is 310 g/mol. The van der Waals surface area contributed by atoms with E-state index in [1.807, 2.05) is 44.2 Å². The highest BCUT2D eigenvalue weighted by molar-refractivity contribution is 5.84. The van der Waals surface area contributed by atoms with Crippen molar-refractivity contribution in [3.05, 3.63) is 36.5 Å². The lowest BCUT2D eigenvalue weighted by atomic mass is 10.1. The Morgan fingerprint density at radius 1 is 1.12 bits per heavy atom. The van der Waals surface area contributed by atoms with Crippen LogP contribution in [-0.2, 0) is 18.9 Å². The molecule has 1 aromatic heterocycles. The van der Waals surface area contributed by atoms with Gasteiger partial charge >= 0.3 is 0 Å². The number of aromatic nitrogens is 1. The van der Waals surface area contributed by atoms with Gasteiger partial charge in [-0.15, -0.1) is 0 Å². The van der Waals surface area contributed by atoms with Crippen LogP contribution in [0, 0.1) is 0 Å². The molecule has 1 aromatic carbocycles. The van der Waals surface area contributed by atoms with Crippen molar-refractivity contribution in [1.29, 1.82) is 0 Å². The molecule has 2 aliphatic heterocycles. The van der Waals surface area contributed by atoms with Gasteiger partial charge in [-0.05, 0) is 26.0 Å². The van der Waals surface area contributed by atoms with Gasteiger partial charge in [0.25, 0.3) is 0 Å². The Bertz CT molecular complexity index is 729. The maximum Gasteiger partial charge on any atom is 0.186 e. The van der Waals surface area contributed by atoms with E-state index in [0.29, 0.717) is 6.61 Å². The molecule has 128 valence electrons. The fourth-order valence-electron chi connectivity index (χ4n) is 3.33. The number of pyridine rings is 1. The minimum atomic E-state index is -0.644. The van der Waals surface area contributed by atoms with Crippen LogP contribution in [0.25, 0.3) is 10.9 Å². The van der Waals surface area contributed by atoms with Gasteiger partial charge in [0.05, 0.1) is 0 Å². The Kier molecular flexibility index (Phi) is 3.92. The number of fused-ring (bicyclic) bond motifs is 2. The first-order chi connectivity index (χ1) is 11.6. The van der Waals surface area contributed by atoms with Crippen molar-refractivity contribution >= 4 is 10.9 Å². The Morgan fingerprint density at radius 2 is 1.92 bits per heavy atom. The number of para-hydroxylation sites is 1. The molecule has 0 spiro atoms. The molecule has 2 aliphatic rings. The standard InChI is InChI=1S/C18H21NO5/c1-18(2)23-15-13(22-17(20-3)16(15)24-18)10-21-12-8-4-6-11-7-5-9-19-14(11)12/h4-9,13,15-17H,10H2,1-3H3/t13-,15-,16-,17+/m1/s1. The summed E-state index contributed by atoms with van der Waals surface area (Å²) in [6.07, 6.45) is 0.586. The van der Waals surface area contributed by atoms with Gasteiger partial charge in [-0.1, -0.05) is 18.2 Å². The molecule has 0 saturated carbocycles. The third-order valence-corrected chi connectivity index (χ3v) is 4.34. The molecule has 0 bridgehead atoms. The number of benzene rings is 1. The quantitative estimate of drug-likeness (QED) is 0.858. The van der Waals surface area contributed by atoms with Crippen molar-refractivity contribution in [3.8, 4) is 5.75 Å². The summed E-state index contributed by atoms with van der Waals surface area (Å²) in [7, 11) is 1.61. The monoisotopic (exact) mass is 331 g/mol. The van der Waals surface area contributed by atoms with Crippen LogP contribution >= 0.6 is 0 Å². The van der Waals surface area contributed by atoms with E-state index in [0.717, 1.165) is 16.7 Å². The van der Waals surface area contributed by atoms with Gasteiger partial charge in [0.2, 0.25) is 0 Å². The van der Waals surface area contributed by atoms with Crippen LogP contribution < -0.4 is 4.74 Å². The molecule has 0 N–H and O–H groups in total. The highest BCUT2D eigenvalue weighted by Gasteiger charge is 2.55. The van der Waals surface area contributed by atoms with Crippen LogP contribution in [0.2, 0.25) is 0 Å². The van der Waals surface area contributed by atoms with Crippen molar-refractivity contribution in [2.75, 3.05) is 13.7 Å². The minimum absolute atomic E-state index is 0.215. The molecule has 3 heterocycles. The van der Waals surface area contributed by atoms with Gasteiger partial charge < -0.3 is 23.7 Å². The lowest BCUT2D eigenvalue weighted by molar-refractivity contribution is -0.229. The van der Waals surface area contributed by atoms with E-state index in [4.69, 9.17) is 23.7 Å². The number of hydrogen-bond donors (Lipinski definition) is 0. The predicted octanol–water partition coefficient (Wildman–Crippen LogP) is 2.51. The number of ether oxygens (including phenoxy) is 5. The summed E-state index contributed by atoms with van der Waals surface area (Å²) in [5.74, 6) is 0.0853.